The maximum Gasteiger partial charge on any atom is 0.400 e. The lowest BCUT2D eigenvalue weighted by Crippen LogP contribution is -2.40. The Hall–Kier alpha value is -0.400. The van der Waals surface area contributed by atoms with Gasteiger partial charge in [-0.2, -0.15) is 0 Å². The van der Waals surface area contributed by atoms with Gasteiger partial charge in [-0.1, -0.05) is 0 Å². The zero-order chi connectivity index (χ0) is 25.8. The lowest BCUT2D eigenvalue weighted by Gasteiger charge is -2.26. The molecule has 12 nitrogen and oxygen atoms in total. The van der Waals surface area contributed by atoms with E-state index in [-0.39, 0.29) is 0 Å². The minimum atomic E-state index is -4.01. The molecule has 196 valence electrons. The number of hydrogen-bond acceptors (Lipinski definition) is 6. The van der Waals surface area contributed by atoms with Crippen LogP contribution in [-0.4, -0.2) is 57.4 Å². The van der Waals surface area contributed by atoms with Crippen molar-refractivity contribution in [3.63, 3.8) is 0 Å². The highest BCUT2D eigenvalue weighted by molar-refractivity contribution is 7.80. The summed E-state index contributed by atoms with van der Waals surface area (Å²) in [7, 11) is -8.02. The Labute approximate surface area is 207 Å². The zero-order valence-electron chi connectivity index (χ0n) is 19.8. The summed E-state index contributed by atoms with van der Waals surface area (Å²) in [5.74, 6) is 0. The molecule has 0 heterocycles. The van der Waals surface area contributed by atoms with Crippen molar-refractivity contribution in [2.24, 2.45) is 11.0 Å². The van der Waals surface area contributed by atoms with Crippen LogP contribution in [0.15, 0.2) is 0 Å². The molecule has 0 aromatic heterocycles. The van der Waals surface area contributed by atoms with Crippen LogP contribution in [0.25, 0.3) is 0 Å². The monoisotopic (exact) mass is 550 g/mol. The number of thiocarbonyl (C=S) groups is 2. The summed E-state index contributed by atoms with van der Waals surface area (Å²) in [5.41, 5.74) is 8.47. The zero-order valence-corrected chi connectivity index (χ0v) is 23.2. The van der Waals surface area contributed by atoms with E-state index in [9.17, 15) is 9.13 Å². The average molecular weight is 551 g/mol. The summed E-state index contributed by atoms with van der Waals surface area (Å²) in [4.78, 5) is 18.2. The Bertz CT molecular complexity index is 658. The molecule has 0 aromatic carbocycles. The molecule has 0 saturated heterocycles. The number of nitrogens with two attached hydrogens (primary N) is 2. The van der Waals surface area contributed by atoms with Gasteiger partial charge in [0, 0.05) is 26.2 Å². The molecule has 0 amide bonds. The van der Waals surface area contributed by atoms with Crippen LogP contribution in [-0.2, 0) is 18.2 Å². The second-order valence-electron chi connectivity index (χ2n) is 8.76. The molecule has 0 aliphatic heterocycles. The minimum Gasteiger partial charge on any atom is -0.363 e. The van der Waals surface area contributed by atoms with E-state index in [0.717, 1.165) is 6.42 Å². The Balaban J connectivity index is 3.77. The summed E-state index contributed by atoms with van der Waals surface area (Å²) in [6.45, 7) is 9.32. The molecule has 10 N–H and O–H groups in total. The quantitative estimate of drug-likeness (QED) is 0.0784. The second-order valence-corrected chi connectivity index (χ2v) is 12.2. The first-order valence-corrected chi connectivity index (χ1v) is 14.7. The van der Waals surface area contributed by atoms with Crippen molar-refractivity contribution in [2.45, 2.75) is 71.0 Å². The molecule has 0 saturated carbocycles. The van der Waals surface area contributed by atoms with Crippen molar-refractivity contribution in [1.82, 2.24) is 21.3 Å². The van der Waals surface area contributed by atoms with E-state index >= 15 is 0 Å². The molecule has 0 radical (unpaired) electrons. The molecular formula is C17H40N6O6P2S2. The lowest BCUT2D eigenvalue weighted by molar-refractivity contribution is 0.0808. The normalized spacial score (nSPS) is 15.8. The highest BCUT2D eigenvalue weighted by Crippen LogP contribution is 2.39. The highest BCUT2D eigenvalue weighted by Gasteiger charge is 2.27. The van der Waals surface area contributed by atoms with E-state index in [4.69, 9.17) is 54.3 Å². The van der Waals surface area contributed by atoms with Crippen molar-refractivity contribution >= 4 is 50.2 Å². The molecule has 0 aliphatic rings. The van der Waals surface area contributed by atoms with Gasteiger partial charge in [0.2, 0.25) is 0 Å². The number of rotatable bonds is 16. The van der Waals surface area contributed by atoms with Crippen LogP contribution in [0.4, 0.5) is 0 Å². The van der Waals surface area contributed by atoms with Gasteiger partial charge in [-0.05, 0) is 84.2 Å². The van der Waals surface area contributed by atoms with Gasteiger partial charge in [0.05, 0.1) is 11.2 Å². The third kappa shape index (κ3) is 21.8. The molecule has 0 aliphatic carbocycles. The van der Waals surface area contributed by atoms with Gasteiger partial charge < -0.3 is 31.1 Å². The smallest absolute Gasteiger partial charge is 0.363 e. The van der Waals surface area contributed by atoms with E-state index in [1.165, 1.54) is 0 Å². The number of nitrogens with one attached hydrogen (secondary N) is 4. The fraction of sp³-hybridized carbons (Fsp3) is 0.882. The molecule has 0 rings (SSSR count). The third-order valence-electron chi connectivity index (χ3n) is 4.16. The molecular weight excluding hydrogens is 510 g/mol. The predicted octanol–water partition coefficient (Wildman–Crippen LogP) is 1.57. The van der Waals surface area contributed by atoms with Crippen LogP contribution >= 0.6 is 39.9 Å². The second kappa shape index (κ2) is 14.9. The molecule has 0 spiro atoms. The molecule has 2 atom stereocenters. The lowest BCUT2D eigenvalue weighted by atomic mass is 10.0. The summed E-state index contributed by atoms with van der Waals surface area (Å²) < 4.78 is 32.2. The van der Waals surface area contributed by atoms with Gasteiger partial charge in [-0.15, -0.1) is 0 Å². The van der Waals surface area contributed by atoms with Gasteiger partial charge in [0.15, 0.2) is 10.2 Å². The van der Waals surface area contributed by atoms with Crippen LogP contribution in [0.3, 0.4) is 0 Å². The Morgan fingerprint density at radius 3 is 1.27 bits per heavy atom. The van der Waals surface area contributed by atoms with Gasteiger partial charge in [0.1, 0.15) is 0 Å². The SMILES string of the molecule is CC(C)(CCCNC(=S)NCCCNC(=S)NCCCC(C)(C)OP(N)(=O)O)OP(N)(=O)O. The van der Waals surface area contributed by atoms with E-state index in [2.05, 4.69) is 21.3 Å². The molecule has 0 aromatic rings. The molecule has 0 bridgehead atoms. The highest BCUT2D eigenvalue weighted by atomic mass is 32.1. The Morgan fingerprint density at radius 1 is 0.727 bits per heavy atom. The summed E-state index contributed by atoms with van der Waals surface area (Å²) in [6, 6.07) is 0. The standard InChI is InChI=1S/C17H40N6O6P2S2/c1-16(2,28-30(18,24)25)8-5-10-20-14(32)22-12-7-13-23-15(33)21-11-6-9-17(3,4)29-31(19,26)27/h5-13H2,1-4H3,(H3,18,24,25)(H3,19,26,27)(H2,20,22,32)(H2,21,23,33). The predicted molar refractivity (Wildman–Crippen MR) is 139 cm³/mol. The Morgan fingerprint density at radius 2 is 1.00 bits per heavy atom. The largest absolute Gasteiger partial charge is 0.400 e. The van der Waals surface area contributed by atoms with Crippen LogP contribution in [0, 0.1) is 0 Å². The first kappa shape index (κ1) is 32.6. The van der Waals surface area contributed by atoms with Crippen molar-refractivity contribution in [3.8, 4) is 0 Å². The van der Waals surface area contributed by atoms with Crippen LogP contribution in [0.1, 0.15) is 59.8 Å². The first-order valence-electron chi connectivity index (χ1n) is 10.6. The van der Waals surface area contributed by atoms with Crippen LogP contribution in [0.5, 0.6) is 0 Å². The van der Waals surface area contributed by atoms with E-state index in [1.807, 2.05) is 0 Å². The van der Waals surface area contributed by atoms with Crippen molar-refractivity contribution in [2.75, 3.05) is 26.2 Å². The van der Waals surface area contributed by atoms with Crippen molar-refractivity contribution in [1.29, 1.82) is 0 Å². The summed E-state index contributed by atoms with van der Waals surface area (Å²) in [5, 5.41) is 13.4. The summed E-state index contributed by atoms with van der Waals surface area (Å²) >= 11 is 10.4. The van der Waals surface area contributed by atoms with E-state index in [0.29, 0.717) is 62.1 Å². The molecule has 33 heavy (non-hydrogen) atoms. The number of hydrogen-bond donors (Lipinski definition) is 8. The average Bonchev–Trinajstić information content (AvgIpc) is 2.58. The topological polar surface area (TPSA) is 193 Å². The minimum absolute atomic E-state index is 0.524. The van der Waals surface area contributed by atoms with Gasteiger partial charge >= 0.3 is 15.5 Å². The Kier molecular flexibility index (Phi) is 14.7. The van der Waals surface area contributed by atoms with Gasteiger partial charge in [-0.3, -0.25) is 9.05 Å². The molecule has 0 fully saturated rings. The fourth-order valence-electron chi connectivity index (χ4n) is 2.85. The first-order chi connectivity index (χ1) is 14.9. The van der Waals surface area contributed by atoms with Crippen molar-refractivity contribution < 1.29 is 28.0 Å². The molecule has 16 heteroatoms. The van der Waals surface area contributed by atoms with E-state index in [1.54, 1.807) is 27.7 Å². The van der Waals surface area contributed by atoms with Crippen LogP contribution < -0.4 is 32.3 Å². The maximum atomic E-state index is 11.2. The fourth-order valence-corrected chi connectivity index (χ4v) is 4.86. The van der Waals surface area contributed by atoms with Crippen LogP contribution in [0.2, 0.25) is 0 Å². The van der Waals surface area contributed by atoms with Crippen molar-refractivity contribution in [3.05, 3.63) is 0 Å². The van der Waals surface area contributed by atoms with E-state index < -0.39 is 26.7 Å². The van der Waals surface area contributed by atoms with Gasteiger partial charge in [0.25, 0.3) is 0 Å². The molecule has 2 unspecified atom stereocenters. The maximum absolute atomic E-state index is 11.2. The summed E-state index contributed by atoms with van der Waals surface area (Å²) in [6.07, 6.45) is 3.24. The van der Waals surface area contributed by atoms with Gasteiger partial charge in [-0.25, -0.2) is 20.1 Å². The third-order valence-corrected chi connectivity index (χ3v) is 6.25.